The van der Waals surface area contributed by atoms with E-state index in [0.717, 1.165) is 16.9 Å². The second kappa shape index (κ2) is 9.04. The zero-order valence-corrected chi connectivity index (χ0v) is 16.4. The fraction of sp³-hybridized carbons (Fsp3) is 0.217. The number of ether oxygens (including phenoxy) is 2. The maximum absolute atomic E-state index is 12.9. The minimum Gasteiger partial charge on any atom is -0.497 e. The van der Waals surface area contributed by atoms with E-state index >= 15 is 0 Å². The highest BCUT2D eigenvalue weighted by atomic mass is 16.5. The van der Waals surface area contributed by atoms with Crippen molar-refractivity contribution in [1.29, 1.82) is 0 Å². The van der Waals surface area contributed by atoms with Gasteiger partial charge in [-0.3, -0.25) is 9.69 Å². The topological polar surface area (TPSA) is 51.7 Å². The van der Waals surface area contributed by atoms with E-state index in [0.29, 0.717) is 18.1 Å². The molecule has 144 valence electrons. The molecule has 0 aliphatic carbocycles. The van der Waals surface area contributed by atoms with Crippen LogP contribution in [0.3, 0.4) is 0 Å². The molecule has 2 aromatic carbocycles. The van der Waals surface area contributed by atoms with E-state index in [1.54, 1.807) is 18.2 Å². The second-order valence-electron chi connectivity index (χ2n) is 6.55. The van der Waals surface area contributed by atoms with Crippen LogP contribution in [0.2, 0.25) is 0 Å². The van der Waals surface area contributed by atoms with Crippen molar-refractivity contribution in [2.24, 2.45) is 0 Å². The average molecular weight is 376 g/mol. The number of carbonyl (C=O) groups excluding carboxylic acids is 1. The van der Waals surface area contributed by atoms with E-state index in [1.807, 2.05) is 74.5 Å². The summed E-state index contributed by atoms with van der Waals surface area (Å²) in [6.45, 7) is 4.40. The fourth-order valence-electron chi connectivity index (χ4n) is 2.75. The zero-order chi connectivity index (χ0) is 19.9. The van der Waals surface area contributed by atoms with Crippen LogP contribution >= 0.6 is 0 Å². The Morgan fingerprint density at radius 2 is 1.71 bits per heavy atom. The number of anilines is 1. The standard InChI is InChI=1S/C23H24N2O3/c1-17-7-10-21(14-18(17)2)28-16-23(26)25(22-6-4-5-13-24-22)15-19-8-11-20(27-3)12-9-19/h4-14H,15-16H2,1-3H3. The first-order chi connectivity index (χ1) is 13.6. The van der Waals surface area contributed by atoms with Gasteiger partial charge in [-0.2, -0.15) is 0 Å². The molecule has 0 spiro atoms. The third-order valence-corrected chi connectivity index (χ3v) is 4.57. The Morgan fingerprint density at radius 3 is 2.36 bits per heavy atom. The van der Waals surface area contributed by atoms with Crippen LogP contribution in [0.5, 0.6) is 11.5 Å². The van der Waals surface area contributed by atoms with Crippen molar-refractivity contribution in [3.63, 3.8) is 0 Å². The number of nitrogens with zero attached hydrogens (tertiary/aromatic N) is 2. The van der Waals surface area contributed by atoms with Gasteiger partial charge in [0, 0.05) is 6.20 Å². The van der Waals surface area contributed by atoms with Crippen molar-refractivity contribution >= 4 is 11.7 Å². The minimum atomic E-state index is -0.159. The molecular formula is C23H24N2O3. The molecule has 3 aromatic rings. The van der Waals surface area contributed by atoms with Gasteiger partial charge in [0.2, 0.25) is 0 Å². The molecule has 0 radical (unpaired) electrons. The van der Waals surface area contributed by atoms with Gasteiger partial charge in [-0.15, -0.1) is 0 Å². The molecule has 0 aliphatic heterocycles. The van der Waals surface area contributed by atoms with Crippen molar-refractivity contribution in [2.45, 2.75) is 20.4 Å². The van der Waals surface area contributed by atoms with Gasteiger partial charge in [-0.05, 0) is 66.9 Å². The smallest absolute Gasteiger partial charge is 0.266 e. The van der Waals surface area contributed by atoms with Gasteiger partial charge in [0.05, 0.1) is 13.7 Å². The molecule has 5 nitrogen and oxygen atoms in total. The average Bonchev–Trinajstić information content (AvgIpc) is 2.73. The summed E-state index contributed by atoms with van der Waals surface area (Å²) in [5, 5.41) is 0. The van der Waals surface area contributed by atoms with Crippen LogP contribution in [0, 0.1) is 13.8 Å². The van der Waals surface area contributed by atoms with Crippen molar-refractivity contribution in [3.8, 4) is 11.5 Å². The molecule has 0 N–H and O–H groups in total. The summed E-state index contributed by atoms with van der Waals surface area (Å²) < 4.78 is 10.9. The summed E-state index contributed by atoms with van der Waals surface area (Å²) in [5.41, 5.74) is 3.30. The maximum atomic E-state index is 12.9. The number of methoxy groups -OCH3 is 1. The Morgan fingerprint density at radius 1 is 0.964 bits per heavy atom. The number of aromatic nitrogens is 1. The van der Waals surface area contributed by atoms with Crippen LogP contribution in [0.15, 0.2) is 66.9 Å². The molecule has 0 atom stereocenters. The van der Waals surface area contributed by atoms with Gasteiger partial charge in [0.1, 0.15) is 17.3 Å². The SMILES string of the molecule is COc1ccc(CN(C(=O)COc2ccc(C)c(C)c2)c2ccccn2)cc1. The number of hydrogen-bond donors (Lipinski definition) is 0. The summed E-state index contributed by atoms with van der Waals surface area (Å²) in [6, 6.07) is 18.9. The van der Waals surface area contributed by atoms with Gasteiger partial charge in [-0.1, -0.05) is 24.3 Å². The van der Waals surface area contributed by atoms with E-state index in [2.05, 4.69) is 4.98 Å². The predicted octanol–water partition coefficient (Wildman–Crippen LogP) is 4.32. The molecule has 0 saturated heterocycles. The van der Waals surface area contributed by atoms with Crippen molar-refractivity contribution in [2.75, 3.05) is 18.6 Å². The van der Waals surface area contributed by atoms with Gasteiger partial charge in [0.15, 0.2) is 6.61 Å². The first kappa shape index (κ1) is 19.4. The summed E-state index contributed by atoms with van der Waals surface area (Å²) >= 11 is 0. The van der Waals surface area contributed by atoms with Crippen LogP contribution in [-0.4, -0.2) is 24.6 Å². The predicted molar refractivity (Wildman–Crippen MR) is 110 cm³/mol. The number of hydrogen-bond acceptors (Lipinski definition) is 4. The first-order valence-corrected chi connectivity index (χ1v) is 9.11. The van der Waals surface area contributed by atoms with Gasteiger partial charge in [-0.25, -0.2) is 4.98 Å². The number of aryl methyl sites for hydroxylation is 2. The van der Waals surface area contributed by atoms with Crippen molar-refractivity contribution in [1.82, 2.24) is 4.98 Å². The molecular weight excluding hydrogens is 352 g/mol. The normalized spacial score (nSPS) is 10.4. The molecule has 3 rings (SSSR count). The summed E-state index contributed by atoms with van der Waals surface area (Å²) in [7, 11) is 1.63. The Hall–Kier alpha value is -3.34. The number of rotatable bonds is 7. The maximum Gasteiger partial charge on any atom is 0.266 e. The lowest BCUT2D eigenvalue weighted by molar-refractivity contribution is -0.120. The third-order valence-electron chi connectivity index (χ3n) is 4.57. The highest BCUT2D eigenvalue weighted by Gasteiger charge is 2.18. The molecule has 1 amide bonds. The second-order valence-corrected chi connectivity index (χ2v) is 6.55. The highest BCUT2D eigenvalue weighted by molar-refractivity contribution is 5.93. The van der Waals surface area contributed by atoms with Gasteiger partial charge >= 0.3 is 0 Å². The number of benzene rings is 2. The van der Waals surface area contributed by atoms with E-state index in [4.69, 9.17) is 9.47 Å². The number of carbonyl (C=O) groups is 1. The lowest BCUT2D eigenvalue weighted by atomic mass is 10.1. The monoisotopic (exact) mass is 376 g/mol. The highest BCUT2D eigenvalue weighted by Crippen LogP contribution is 2.19. The van der Waals surface area contributed by atoms with Crippen molar-refractivity contribution in [3.05, 3.63) is 83.6 Å². The first-order valence-electron chi connectivity index (χ1n) is 9.11. The van der Waals surface area contributed by atoms with Crippen LogP contribution in [0.25, 0.3) is 0 Å². The largest absolute Gasteiger partial charge is 0.497 e. The molecule has 0 bridgehead atoms. The van der Waals surface area contributed by atoms with Gasteiger partial charge < -0.3 is 9.47 Å². The Labute approximate surface area is 165 Å². The Bertz CT molecular complexity index is 924. The molecule has 1 heterocycles. The molecule has 5 heteroatoms. The van der Waals surface area contributed by atoms with Crippen LogP contribution in [-0.2, 0) is 11.3 Å². The van der Waals surface area contributed by atoms with E-state index < -0.39 is 0 Å². The molecule has 0 saturated carbocycles. The van der Waals surface area contributed by atoms with Crippen LogP contribution in [0.4, 0.5) is 5.82 Å². The number of pyridine rings is 1. The third kappa shape index (κ3) is 4.88. The van der Waals surface area contributed by atoms with Crippen LogP contribution in [0.1, 0.15) is 16.7 Å². The summed E-state index contributed by atoms with van der Waals surface area (Å²) in [5.74, 6) is 1.89. The Balaban J connectivity index is 1.75. The van der Waals surface area contributed by atoms with E-state index in [9.17, 15) is 4.79 Å². The Kier molecular flexibility index (Phi) is 6.27. The van der Waals surface area contributed by atoms with E-state index in [-0.39, 0.29) is 12.5 Å². The minimum absolute atomic E-state index is 0.0603. The fourth-order valence-corrected chi connectivity index (χ4v) is 2.75. The van der Waals surface area contributed by atoms with Crippen LogP contribution < -0.4 is 14.4 Å². The van der Waals surface area contributed by atoms with Crippen molar-refractivity contribution < 1.29 is 14.3 Å². The number of amides is 1. The summed E-state index contributed by atoms with van der Waals surface area (Å²) in [4.78, 5) is 18.9. The van der Waals surface area contributed by atoms with E-state index in [1.165, 1.54) is 5.56 Å². The molecule has 0 aliphatic rings. The van der Waals surface area contributed by atoms with Gasteiger partial charge in [0.25, 0.3) is 5.91 Å². The molecule has 1 aromatic heterocycles. The molecule has 0 fully saturated rings. The lowest BCUT2D eigenvalue weighted by Gasteiger charge is -2.22. The summed E-state index contributed by atoms with van der Waals surface area (Å²) in [6.07, 6.45) is 1.67. The molecule has 0 unspecified atom stereocenters. The molecule has 28 heavy (non-hydrogen) atoms. The quantitative estimate of drug-likeness (QED) is 0.616. The lowest BCUT2D eigenvalue weighted by Crippen LogP contribution is -2.35. The zero-order valence-electron chi connectivity index (χ0n) is 16.4.